The monoisotopic (exact) mass is 268 g/mol. The number of nitrogens with two attached hydrogens (primary N) is 1. The lowest BCUT2D eigenvalue weighted by molar-refractivity contribution is -0.00734. The highest BCUT2D eigenvalue weighted by Crippen LogP contribution is 2.40. The van der Waals surface area contributed by atoms with Crippen LogP contribution in [0.4, 0.5) is 0 Å². The predicted molar refractivity (Wildman–Crippen MR) is 85.3 cm³/mol. The van der Waals surface area contributed by atoms with Gasteiger partial charge in [0.25, 0.3) is 0 Å². The molecule has 3 atom stereocenters. The molecule has 0 saturated heterocycles. The average molecular weight is 268 g/mol. The van der Waals surface area contributed by atoms with E-state index in [-0.39, 0.29) is 5.54 Å². The van der Waals surface area contributed by atoms with Crippen molar-refractivity contribution in [3.05, 3.63) is 0 Å². The Morgan fingerprint density at radius 2 is 1.84 bits per heavy atom. The molecule has 0 spiro atoms. The molecule has 2 N–H and O–H groups in total. The van der Waals surface area contributed by atoms with Crippen LogP contribution in [0.1, 0.15) is 66.7 Å². The highest BCUT2D eigenvalue weighted by Gasteiger charge is 2.43. The molecule has 0 bridgehead atoms. The molecule has 0 aromatic rings. The van der Waals surface area contributed by atoms with Crippen LogP contribution in [0.2, 0.25) is 0 Å². The summed E-state index contributed by atoms with van der Waals surface area (Å²) in [6, 6.07) is 0. The third-order valence-electron chi connectivity index (χ3n) is 5.74. The highest BCUT2D eigenvalue weighted by atomic mass is 15.2. The normalized spacial score (nSPS) is 32.2. The third kappa shape index (κ3) is 3.72. The summed E-state index contributed by atoms with van der Waals surface area (Å²) in [5, 5.41) is 0. The van der Waals surface area contributed by atoms with Crippen LogP contribution < -0.4 is 5.73 Å². The second kappa shape index (κ2) is 7.64. The molecular weight excluding hydrogens is 232 g/mol. The first-order valence-electron chi connectivity index (χ1n) is 8.49. The highest BCUT2D eigenvalue weighted by molar-refractivity contribution is 4.99. The molecule has 0 aliphatic heterocycles. The van der Waals surface area contributed by atoms with E-state index >= 15 is 0 Å². The van der Waals surface area contributed by atoms with Gasteiger partial charge in [-0.2, -0.15) is 0 Å². The Bertz CT molecular complexity index is 250. The zero-order chi connectivity index (χ0) is 14.5. The van der Waals surface area contributed by atoms with Crippen molar-refractivity contribution in [2.45, 2.75) is 72.3 Å². The van der Waals surface area contributed by atoms with Crippen LogP contribution in [-0.4, -0.2) is 30.1 Å². The van der Waals surface area contributed by atoms with E-state index in [2.05, 4.69) is 39.5 Å². The SMILES string of the molecule is CCC(CC)CN(CC)C1(CN)CCC(C)CC1C. The molecule has 3 unspecified atom stereocenters. The minimum atomic E-state index is 0.268. The van der Waals surface area contributed by atoms with Crippen LogP contribution in [0.25, 0.3) is 0 Å². The Morgan fingerprint density at radius 1 is 1.21 bits per heavy atom. The topological polar surface area (TPSA) is 29.3 Å². The number of hydrogen-bond acceptors (Lipinski definition) is 2. The van der Waals surface area contributed by atoms with Gasteiger partial charge < -0.3 is 5.73 Å². The minimum Gasteiger partial charge on any atom is -0.329 e. The smallest absolute Gasteiger partial charge is 0.0357 e. The van der Waals surface area contributed by atoms with Crippen molar-refractivity contribution in [2.24, 2.45) is 23.5 Å². The summed E-state index contributed by atoms with van der Waals surface area (Å²) in [5.74, 6) is 2.44. The van der Waals surface area contributed by atoms with Crippen molar-refractivity contribution >= 4 is 0 Å². The maximum Gasteiger partial charge on any atom is 0.0357 e. The predicted octanol–water partition coefficient (Wildman–Crippen LogP) is 3.90. The molecule has 1 rings (SSSR count). The molecule has 0 aromatic heterocycles. The van der Waals surface area contributed by atoms with Gasteiger partial charge in [0.2, 0.25) is 0 Å². The molecule has 0 amide bonds. The molecule has 114 valence electrons. The van der Waals surface area contributed by atoms with Crippen LogP contribution in [0.5, 0.6) is 0 Å². The van der Waals surface area contributed by atoms with Crippen LogP contribution in [-0.2, 0) is 0 Å². The van der Waals surface area contributed by atoms with Gasteiger partial charge in [0, 0.05) is 18.6 Å². The molecule has 2 nitrogen and oxygen atoms in total. The molecule has 19 heavy (non-hydrogen) atoms. The van der Waals surface area contributed by atoms with E-state index in [4.69, 9.17) is 5.73 Å². The van der Waals surface area contributed by atoms with Gasteiger partial charge in [-0.1, -0.05) is 47.5 Å². The van der Waals surface area contributed by atoms with Crippen molar-refractivity contribution < 1.29 is 0 Å². The van der Waals surface area contributed by atoms with Crippen LogP contribution >= 0.6 is 0 Å². The lowest BCUT2D eigenvalue weighted by Gasteiger charge is -2.52. The third-order valence-corrected chi connectivity index (χ3v) is 5.74. The van der Waals surface area contributed by atoms with Crippen molar-refractivity contribution in [1.82, 2.24) is 4.90 Å². The first kappa shape index (κ1) is 17.0. The first-order valence-corrected chi connectivity index (χ1v) is 8.49. The van der Waals surface area contributed by atoms with Gasteiger partial charge in [0.15, 0.2) is 0 Å². The van der Waals surface area contributed by atoms with Gasteiger partial charge in [-0.05, 0) is 43.6 Å². The fraction of sp³-hybridized carbons (Fsp3) is 1.00. The lowest BCUT2D eigenvalue weighted by atomic mass is 9.68. The lowest BCUT2D eigenvalue weighted by Crippen LogP contribution is -2.60. The average Bonchev–Trinajstić information content (AvgIpc) is 2.42. The largest absolute Gasteiger partial charge is 0.329 e. The second-order valence-electron chi connectivity index (χ2n) is 6.81. The summed E-state index contributed by atoms with van der Waals surface area (Å²) in [7, 11) is 0. The van der Waals surface area contributed by atoms with E-state index in [0.29, 0.717) is 0 Å². The first-order chi connectivity index (χ1) is 9.03. The Balaban J connectivity index is 2.84. The van der Waals surface area contributed by atoms with Gasteiger partial charge in [-0.3, -0.25) is 4.90 Å². The van der Waals surface area contributed by atoms with Crippen LogP contribution in [0, 0.1) is 17.8 Å². The van der Waals surface area contributed by atoms with Crippen molar-refractivity contribution in [3.63, 3.8) is 0 Å². The number of rotatable bonds is 7. The number of hydrogen-bond donors (Lipinski definition) is 1. The molecule has 1 aliphatic rings. The van der Waals surface area contributed by atoms with Gasteiger partial charge in [0.1, 0.15) is 0 Å². The Morgan fingerprint density at radius 3 is 2.26 bits per heavy atom. The molecule has 0 heterocycles. The quantitative estimate of drug-likeness (QED) is 0.759. The summed E-state index contributed by atoms with van der Waals surface area (Å²) >= 11 is 0. The standard InChI is InChI=1S/C17H36N2/c1-6-16(7-2)12-19(8-3)17(13-18)10-9-14(4)11-15(17)5/h14-16H,6-13,18H2,1-5H3. The molecule has 0 radical (unpaired) electrons. The van der Waals surface area contributed by atoms with Gasteiger partial charge in [-0.25, -0.2) is 0 Å². The molecule has 1 aliphatic carbocycles. The molecule has 1 saturated carbocycles. The van der Waals surface area contributed by atoms with Gasteiger partial charge in [0.05, 0.1) is 0 Å². The Kier molecular flexibility index (Phi) is 6.82. The summed E-state index contributed by atoms with van der Waals surface area (Å²) in [6.07, 6.45) is 6.56. The second-order valence-corrected chi connectivity index (χ2v) is 6.81. The fourth-order valence-corrected chi connectivity index (χ4v) is 4.07. The Labute approximate surface area is 121 Å². The minimum absolute atomic E-state index is 0.268. The van der Waals surface area contributed by atoms with Crippen molar-refractivity contribution in [1.29, 1.82) is 0 Å². The summed E-state index contributed by atoms with van der Waals surface area (Å²) < 4.78 is 0. The zero-order valence-corrected chi connectivity index (χ0v) is 13.9. The zero-order valence-electron chi connectivity index (χ0n) is 13.9. The van der Waals surface area contributed by atoms with E-state index in [9.17, 15) is 0 Å². The van der Waals surface area contributed by atoms with E-state index in [1.165, 1.54) is 38.6 Å². The van der Waals surface area contributed by atoms with E-state index < -0.39 is 0 Å². The van der Waals surface area contributed by atoms with Crippen molar-refractivity contribution in [2.75, 3.05) is 19.6 Å². The Hall–Kier alpha value is -0.0800. The van der Waals surface area contributed by atoms with Crippen LogP contribution in [0.15, 0.2) is 0 Å². The maximum absolute atomic E-state index is 6.27. The summed E-state index contributed by atoms with van der Waals surface area (Å²) in [6.45, 7) is 15.0. The molecule has 0 aromatic carbocycles. The van der Waals surface area contributed by atoms with E-state index in [0.717, 1.165) is 30.8 Å². The van der Waals surface area contributed by atoms with E-state index in [1.807, 2.05) is 0 Å². The van der Waals surface area contributed by atoms with E-state index in [1.54, 1.807) is 0 Å². The van der Waals surface area contributed by atoms with Gasteiger partial charge in [-0.15, -0.1) is 0 Å². The number of likely N-dealkylation sites (N-methyl/N-ethyl adjacent to an activating group) is 1. The fourth-order valence-electron chi connectivity index (χ4n) is 4.07. The maximum atomic E-state index is 6.27. The number of nitrogens with zero attached hydrogens (tertiary/aromatic N) is 1. The van der Waals surface area contributed by atoms with Crippen molar-refractivity contribution in [3.8, 4) is 0 Å². The van der Waals surface area contributed by atoms with Gasteiger partial charge >= 0.3 is 0 Å². The summed E-state index contributed by atoms with van der Waals surface area (Å²) in [5.41, 5.74) is 6.54. The molecule has 1 fully saturated rings. The molecular formula is C17H36N2. The summed E-state index contributed by atoms with van der Waals surface area (Å²) in [4.78, 5) is 2.72. The molecule has 2 heteroatoms. The van der Waals surface area contributed by atoms with Crippen LogP contribution in [0.3, 0.4) is 0 Å².